The molecule has 0 fully saturated rings. The fourth-order valence-corrected chi connectivity index (χ4v) is 2.24. The molecule has 1 aromatic carbocycles. The van der Waals surface area contributed by atoms with Crippen molar-refractivity contribution < 1.29 is 4.39 Å². The van der Waals surface area contributed by atoms with Crippen molar-refractivity contribution in [2.75, 3.05) is 5.73 Å². The Morgan fingerprint density at radius 2 is 2.00 bits per heavy atom. The van der Waals surface area contributed by atoms with Crippen LogP contribution < -0.4 is 11.3 Å². The summed E-state index contributed by atoms with van der Waals surface area (Å²) in [6.45, 7) is 0.657. The minimum Gasteiger partial charge on any atom is -0.369 e. The maximum atomic E-state index is 12.8. The Hall–Kier alpha value is -2.41. The van der Waals surface area contributed by atoms with Crippen molar-refractivity contribution >= 4 is 29.5 Å². The molecular weight excluding hydrogens is 309 g/mol. The van der Waals surface area contributed by atoms with Crippen LogP contribution in [-0.4, -0.2) is 19.5 Å². The number of aromatic nitrogens is 4. The largest absolute Gasteiger partial charge is 0.369 e. The molecule has 3 rings (SSSR count). The molecule has 3 aromatic rings. The lowest BCUT2D eigenvalue weighted by Crippen LogP contribution is -2.12. The van der Waals surface area contributed by atoms with E-state index < -0.39 is 0 Å². The average molecular weight is 324 g/mol. The monoisotopic (exact) mass is 323 g/mol. The van der Waals surface area contributed by atoms with E-state index in [-0.39, 0.29) is 35.2 Å². The number of nitrogens with one attached hydrogen (secondary N) is 1. The number of hydrogen-bond acceptors (Lipinski definition) is 4. The van der Waals surface area contributed by atoms with Crippen molar-refractivity contribution in [2.24, 2.45) is 0 Å². The summed E-state index contributed by atoms with van der Waals surface area (Å²) >= 11 is 0. The third-order valence-electron chi connectivity index (χ3n) is 3.27. The van der Waals surface area contributed by atoms with Gasteiger partial charge in [-0.25, -0.2) is 9.37 Å². The van der Waals surface area contributed by atoms with Crippen LogP contribution in [0, 0.1) is 5.82 Å². The van der Waals surface area contributed by atoms with Crippen LogP contribution in [0.25, 0.3) is 11.2 Å². The number of anilines is 1. The zero-order valence-corrected chi connectivity index (χ0v) is 12.4. The van der Waals surface area contributed by atoms with Crippen molar-refractivity contribution in [2.45, 2.75) is 19.4 Å². The summed E-state index contributed by atoms with van der Waals surface area (Å²) < 4.78 is 14.6. The van der Waals surface area contributed by atoms with Crippen molar-refractivity contribution in [3.8, 4) is 0 Å². The first-order valence-corrected chi connectivity index (χ1v) is 6.58. The summed E-state index contributed by atoms with van der Waals surface area (Å²) in [5.41, 5.74) is 7.03. The smallest absolute Gasteiger partial charge is 0.280 e. The molecule has 2 heterocycles. The molecule has 0 radical (unpaired) electrons. The highest BCUT2D eigenvalue weighted by molar-refractivity contribution is 5.85. The van der Waals surface area contributed by atoms with Crippen molar-refractivity contribution in [3.63, 3.8) is 0 Å². The number of nitrogens with zero attached hydrogens (tertiary/aromatic N) is 3. The van der Waals surface area contributed by atoms with Gasteiger partial charge >= 0.3 is 0 Å². The molecular formula is C14H15ClFN5O. The summed E-state index contributed by atoms with van der Waals surface area (Å²) in [5.74, 6) is -0.161. The molecule has 2 aromatic heterocycles. The van der Waals surface area contributed by atoms with Gasteiger partial charge in [0.1, 0.15) is 5.82 Å². The van der Waals surface area contributed by atoms with Gasteiger partial charge in [0.2, 0.25) is 5.95 Å². The normalized spacial score (nSPS) is 10.6. The van der Waals surface area contributed by atoms with Crippen LogP contribution in [0.2, 0.25) is 0 Å². The maximum absolute atomic E-state index is 12.8. The number of benzene rings is 1. The van der Waals surface area contributed by atoms with Crippen LogP contribution in [0.15, 0.2) is 35.4 Å². The number of aromatic amines is 1. The van der Waals surface area contributed by atoms with Crippen molar-refractivity contribution in [1.82, 2.24) is 19.5 Å². The SMILES string of the molecule is Cl.Nc1nc2c(ncn2CCCc2ccc(F)cc2)c(=O)[nH]1. The number of nitrogen functional groups attached to an aromatic ring is 1. The second-order valence-corrected chi connectivity index (χ2v) is 4.79. The van der Waals surface area contributed by atoms with E-state index in [2.05, 4.69) is 15.0 Å². The lowest BCUT2D eigenvalue weighted by atomic mass is 10.1. The Balaban J connectivity index is 0.00000176. The van der Waals surface area contributed by atoms with Crippen LogP contribution in [0.1, 0.15) is 12.0 Å². The molecule has 0 atom stereocenters. The quantitative estimate of drug-likeness (QED) is 0.767. The highest BCUT2D eigenvalue weighted by Crippen LogP contribution is 2.10. The number of H-pyrrole nitrogens is 1. The zero-order valence-electron chi connectivity index (χ0n) is 11.6. The molecule has 0 aliphatic heterocycles. The molecule has 6 nitrogen and oxygen atoms in total. The Morgan fingerprint density at radius 1 is 1.27 bits per heavy atom. The number of halogens is 2. The third-order valence-corrected chi connectivity index (χ3v) is 3.27. The van der Waals surface area contributed by atoms with E-state index >= 15 is 0 Å². The molecule has 0 saturated carbocycles. The lowest BCUT2D eigenvalue weighted by Gasteiger charge is -2.04. The van der Waals surface area contributed by atoms with E-state index in [4.69, 9.17) is 5.73 Å². The molecule has 0 bridgehead atoms. The Bertz CT molecular complexity index is 827. The minimum atomic E-state index is -0.338. The number of hydrogen-bond donors (Lipinski definition) is 2. The molecule has 22 heavy (non-hydrogen) atoms. The number of fused-ring (bicyclic) bond motifs is 1. The Kier molecular flexibility index (Phi) is 4.77. The molecule has 0 amide bonds. The molecule has 0 saturated heterocycles. The highest BCUT2D eigenvalue weighted by Gasteiger charge is 2.08. The van der Waals surface area contributed by atoms with Gasteiger partial charge in [0.25, 0.3) is 5.56 Å². The maximum Gasteiger partial charge on any atom is 0.280 e. The molecule has 0 aliphatic carbocycles. The topological polar surface area (TPSA) is 89.6 Å². The van der Waals surface area contributed by atoms with Gasteiger partial charge in [0.15, 0.2) is 11.2 Å². The standard InChI is InChI=1S/C14H14FN5O.ClH/c15-10-5-3-9(4-6-10)2-1-7-20-8-17-11-12(20)18-14(16)19-13(11)21;/h3-6,8H,1-2,7H2,(H3,16,18,19,21);1H. The predicted molar refractivity (Wildman–Crippen MR) is 84.5 cm³/mol. The zero-order chi connectivity index (χ0) is 14.8. The molecule has 0 spiro atoms. The first kappa shape index (κ1) is 16.0. The summed E-state index contributed by atoms with van der Waals surface area (Å²) in [5, 5.41) is 0. The van der Waals surface area contributed by atoms with Crippen LogP contribution in [0.4, 0.5) is 10.3 Å². The Labute approximate surface area is 131 Å². The van der Waals surface area contributed by atoms with E-state index in [0.717, 1.165) is 18.4 Å². The van der Waals surface area contributed by atoms with E-state index in [1.165, 1.54) is 12.1 Å². The Morgan fingerprint density at radius 3 is 2.73 bits per heavy atom. The van der Waals surface area contributed by atoms with E-state index in [9.17, 15) is 9.18 Å². The van der Waals surface area contributed by atoms with Crippen LogP contribution in [-0.2, 0) is 13.0 Å². The average Bonchev–Trinajstić information content (AvgIpc) is 2.84. The summed E-state index contributed by atoms with van der Waals surface area (Å²) in [7, 11) is 0. The van der Waals surface area contributed by atoms with E-state index in [0.29, 0.717) is 12.2 Å². The lowest BCUT2D eigenvalue weighted by molar-refractivity contribution is 0.624. The van der Waals surface area contributed by atoms with Gasteiger partial charge in [0, 0.05) is 6.54 Å². The number of nitrogens with two attached hydrogens (primary N) is 1. The third kappa shape index (κ3) is 3.25. The van der Waals surface area contributed by atoms with Gasteiger partial charge in [0.05, 0.1) is 6.33 Å². The van der Waals surface area contributed by atoms with Gasteiger partial charge in [-0.2, -0.15) is 4.98 Å². The van der Waals surface area contributed by atoms with Gasteiger partial charge in [-0.3, -0.25) is 9.78 Å². The van der Waals surface area contributed by atoms with Gasteiger partial charge < -0.3 is 10.3 Å². The molecule has 116 valence electrons. The number of aryl methyl sites for hydroxylation is 2. The van der Waals surface area contributed by atoms with Gasteiger partial charge in [-0.15, -0.1) is 12.4 Å². The van der Waals surface area contributed by atoms with Crippen LogP contribution in [0.3, 0.4) is 0 Å². The predicted octanol–water partition coefficient (Wildman–Crippen LogP) is 1.90. The summed E-state index contributed by atoms with van der Waals surface area (Å²) in [6.07, 6.45) is 3.21. The highest BCUT2D eigenvalue weighted by atomic mass is 35.5. The minimum absolute atomic E-state index is 0. The molecule has 8 heteroatoms. The van der Waals surface area contributed by atoms with Gasteiger partial charge in [-0.1, -0.05) is 12.1 Å². The fraction of sp³-hybridized carbons (Fsp3) is 0.214. The fourth-order valence-electron chi connectivity index (χ4n) is 2.24. The first-order valence-electron chi connectivity index (χ1n) is 6.58. The molecule has 0 unspecified atom stereocenters. The summed E-state index contributed by atoms with van der Waals surface area (Å²) in [4.78, 5) is 22.2. The second kappa shape index (κ2) is 6.57. The van der Waals surface area contributed by atoms with Gasteiger partial charge in [-0.05, 0) is 30.5 Å². The molecule has 3 N–H and O–H groups in total. The summed E-state index contributed by atoms with van der Waals surface area (Å²) in [6, 6.07) is 6.43. The molecule has 0 aliphatic rings. The van der Waals surface area contributed by atoms with Crippen LogP contribution in [0.5, 0.6) is 0 Å². The van der Waals surface area contributed by atoms with Crippen molar-refractivity contribution in [1.29, 1.82) is 0 Å². The van der Waals surface area contributed by atoms with E-state index in [1.807, 2.05) is 0 Å². The van der Waals surface area contributed by atoms with Crippen molar-refractivity contribution in [3.05, 3.63) is 52.3 Å². The van der Waals surface area contributed by atoms with Crippen LogP contribution >= 0.6 is 12.4 Å². The first-order chi connectivity index (χ1) is 10.1. The number of rotatable bonds is 4. The second-order valence-electron chi connectivity index (χ2n) is 4.79. The van der Waals surface area contributed by atoms with E-state index in [1.54, 1.807) is 23.0 Å². The number of imidazole rings is 1.